The van der Waals surface area contributed by atoms with Crippen molar-refractivity contribution in [3.8, 4) is 5.69 Å². The van der Waals surface area contributed by atoms with Gasteiger partial charge in [0.15, 0.2) is 0 Å². The van der Waals surface area contributed by atoms with Gasteiger partial charge in [0.05, 0.1) is 11.4 Å². The standard InChI is InChI=1S/C21H19ClN6O3/c1-13-3-5-14(6-4-13)21(2)19(30)27(20(31)26-21)10-18(29)25-16-9-15(22)7-8-17(16)28-12-23-11-24-28/h3-9,11-12H,10H2,1-2H3,(H,25,29)(H,26,31)/t21-/m0/s1. The van der Waals surface area contributed by atoms with Crippen LogP contribution in [0.3, 0.4) is 0 Å². The molecule has 4 rings (SSSR count). The fourth-order valence-corrected chi connectivity index (χ4v) is 3.57. The molecular weight excluding hydrogens is 420 g/mol. The lowest BCUT2D eigenvalue weighted by Crippen LogP contribution is -2.42. The second-order valence-corrected chi connectivity index (χ2v) is 7.80. The molecule has 1 fully saturated rings. The van der Waals surface area contributed by atoms with Crippen molar-refractivity contribution in [3.05, 3.63) is 71.3 Å². The Morgan fingerprint density at radius 3 is 2.61 bits per heavy atom. The molecule has 0 unspecified atom stereocenters. The quantitative estimate of drug-likeness (QED) is 0.595. The highest BCUT2D eigenvalue weighted by molar-refractivity contribution is 6.31. The molecule has 9 nitrogen and oxygen atoms in total. The Bertz CT molecular complexity index is 1160. The summed E-state index contributed by atoms with van der Waals surface area (Å²) in [5.74, 6) is -1.06. The third-order valence-corrected chi connectivity index (χ3v) is 5.34. The molecule has 4 amide bonds. The predicted molar refractivity (Wildman–Crippen MR) is 114 cm³/mol. The van der Waals surface area contributed by atoms with Gasteiger partial charge in [-0.2, -0.15) is 5.10 Å². The zero-order valence-corrected chi connectivity index (χ0v) is 17.6. The lowest BCUT2D eigenvalue weighted by molar-refractivity contribution is -0.133. The number of nitrogens with zero attached hydrogens (tertiary/aromatic N) is 4. The summed E-state index contributed by atoms with van der Waals surface area (Å²) in [6, 6.07) is 11.5. The number of carbonyl (C=O) groups excluding carboxylic acids is 3. The van der Waals surface area contributed by atoms with Gasteiger partial charge in [-0.3, -0.25) is 14.5 Å². The second kappa shape index (κ2) is 7.84. The van der Waals surface area contributed by atoms with Crippen LogP contribution >= 0.6 is 11.6 Å². The molecule has 2 aromatic carbocycles. The van der Waals surface area contributed by atoms with Gasteiger partial charge in [0.2, 0.25) is 5.91 Å². The molecule has 2 heterocycles. The number of aryl methyl sites for hydroxylation is 1. The first-order valence-corrected chi connectivity index (χ1v) is 9.81. The van der Waals surface area contributed by atoms with E-state index in [2.05, 4.69) is 20.7 Å². The van der Waals surface area contributed by atoms with Crippen LogP contribution in [-0.2, 0) is 15.1 Å². The van der Waals surface area contributed by atoms with Crippen molar-refractivity contribution in [3.63, 3.8) is 0 Å². The molecule has 0 spiro atoms. The SMILES string of the molecule is Cc1ccc([C@]2(C)NC(=O)N(CC(=O)Nc3cc(Cl)ccc3-n3cncn3)C2=O)cc1. The van der Waals surface area contributed by atoms with E-state index in [0.29, 0.717) is 22.0 Å². The van der Waals surface area contributed by atoms with Crippen molar-refractivity contribution in [2.75, 3.05) is 11.9 Å². The highest BCUT2D eigenvalue weighted by atomic mass is 35.5. The molecule has 1 aliphatic rings. The van der Waals surface area contributed by atoms with Gasteiger partial charge in [-0.05, 0) is 37.6 Å². The minimum atomic E-state index is -1.24. The number of amides is 4. The van der Waals surface area contributed by atoms with Crippen LogP contribution < -0.4 is 10.6 Å². The largest absolute Gasteiger partial charge is 0.325 e. The second-order valence-electron chi connectivity index (χ2n) is 7.36. The Labute approximate surface area is 183 Å². The smallest absolute Gasteiger partial charge is 0.323 e. The van der Waals surface area contributed by atoms with Crippen molar-refractivity contribution in [2.24, 2.45) is 0 Å². The molecule has 1 atom stereocenters. The average Bonchev–Trinajstić information content (AvgIpc) is 3.32. The van der Waals surface area contributed by atoms with E-state index in [1.54, 1.807) is 37.3 Å². The Balaban J connectivity index is 1.53. The number of hydrogen-bond acceptors (Lipinski definition) is 5. The lowest BCUT2D eigenvalue weighted by Gasteiger charge is -2.22. The summed E-state index contributed by atoms with van der Waals surface area (Å²) < 4.78 is 1.47. The van der Waals surface area contributed by atoms with Crippen LogP contribution in [0.15, 0.2) is 55.1 Å². The number of imide groups is 1. The van der Waals surface area contributed by atoms with E-state index in [1.807, 2.05) is 19.1 Å². The van der Waals surface area contributed by atoms with Gasteiger partial charge in [0.25, 0.3) is 5.91 Å². The minimum absolute atomic E-state index is 0.372. The molecule has 3 aromatic rings. The maximum absolute atomic E-state index is 13.0. The van der Waals surface area contributed by atoms with E-state index >= 15 is 0 Å². The number of urea groups is 1. The Morgan fingerprint density at radius 1 is 1.19 bits per heavy atom. The van der Waals surface area contributed by atoms with Crippen LogP contribution in [0.5, 0.6) is 0 Å². The molecule has 1 saturated heterocycles. The van der Waals surface area contributed by atoms with Gasteiger partial charge in [-0.25, -0.2) is 14.5 Å². The molecule has 0 bridgehead atoms. The number of benzene rings is 2. The molecule has 31 heavy (non-hydrogen) atoms. The third kappa shape index (κ3) is 3.87. The highest BCUT2D eigenvalue weighted by Gasteiger charge is 2.49. The summed E-state index contributed by atoms with van der Waals surface area (Å²) in [7, 11) is 0. The molecule has 158 valence electrons. The number of hydrogen-bond donors (Lipinski definition) is 2. The third-order valence-electron chi connectivity index (χ3n) is 5.10. The van der Waals surface area contributed by atoms with Gasteiger partial charge >= 0.3 is 6.03 Å². The van der Waals surface area contributed by atoms with Crippen molar-refractivity contribution >= 4 is 35.1 Å². The summed E-state index contributed by atoms with van der Waals surface area (Å²) in [6.45, 7) is 3.10. The minimum Gasteiger partial charge on any atom is -0.323 e. The van der Waals surface area contributed by atoms with Crippen LogP contribution in [0.4, 0.5) is 10.5 Å². The summed E-state index contributed by atoms with van der Waals surface area (Å²) >= 11 is 6.07. The highest BCUT2D eigenvalue weighted by Crippen LogP contribution is 2.29. The number of halogens is 1. The first-order chi connectivity index (χ1) is 14.8. The van der Waals surface area contributed by atoms with E-state index in [0.717, 1.165) is 10.5 Å². The first kappa shape index (κ1) is 20.5. The normalized spacial score (nSPS) is 18.2. The lowest BCUT2D eigenvalue weighted by atomic mass is 9.91. The molecule has 1 aliphatic heterocycles. The van der Waals surface area contributed by atoms with E-state index in [9.17, 15) is 14.4 Å². The molecule has 0 saturated carbocycles. The Kier molecular flexibility index (Phi) is 5.20. The van der Waals surface area contributed by atoms with Crippen molar-refractivity contribution in [2.45, 2.75) is 19.4 Å². The van der Waals surface area contributed by atoms with Gasteiger partial charge < -0.3 is 10.6 Å². The van der Waals surface area contributed by atoms with Crippen LogP contribution in [0.25, 0.3) is 5.69 Å². The number of nitrogens with one attached hydrogen (secondary N) is 2. The van der Waals surface area contributed by atoms with E-state index < -0.39 is 29.9 Å². The first-order valence-electron chi connectivity index (χ1n) is 9.43. The Hall–Kier alpha value is -3.72. The fraction of sp³-hybridized carbons (Fsp3) is 0.190. The zero-order valence-electron chi connectivity index (χ0n) is 16.8. The zero-order chi connectivity index (χ0) is 22.2. The summed E-state index contributed by atoms with van der Waals surface area (Å²) in [6.07, 6.45) is 2.84. The van der Waals surface area contributed by atoms with Gasteiger partial charge in [0.1, 0.15) is 24.7 Å². The summed E-state index contributed by atoms with van der Waals surface area (Å²) in [4.78, 5) is 43.0. The number of anilines is 1. The van der Waals surface area contributed by atoms with Crippen LogP contribution in [0.2, 0.25) is 5.02 Å². The number of carbonyl (C=O) groups is 3. The molecular formula is C21H19ClN6O3. The molecule has 0 radical (unpaired) electrons. The summed E-state index contributed by atoms with van der Waals surface area (Å²) in [5, 5.41) is 9.84. The van der Waals surface area contributed by atoms with Crippen molar-refractivity contribution < 1.29 is 14.4 Å². The van der Waals surface area contributed by atoms with Crippen LogP contribution in [-0.4, -0.2) is 44.1 Å². The number of aromatic nitrogens is 3. The molecule has 2 N–H and O–H groups in total. The van der Waals surface area contributed by atoms with Crippen molar-refractivity contribution in [1.29, 1.82) is 0 Å². The summed E-state index contributed by atoms with van der Waals surface area (Å²) in [5.41, 5.74) is 1.34. The molecule has 1 aromatic heterocycles. The van der Waals surface area contributed by atoms with Crippen LogP contribution in [0.1, 0.15) is 18.1 Å². The van der Waals surface area contributed by atoms with Gasteiger partial charge in [-0.15, -0.1) is 0 Å². The van der Waals surface area contributed by atoms with E-state index in [-0.39, 0.29) is 0 Å². The number of rotatable bonds is 5. The van der Waals surface area contributed by atoms with Gasteiger partial charge in [-0.1, -0.05) is 41.4 Å². The molecule has 10 heteroatoms. The van der Waals surface area contributed by atoms with E-state index in [4.69, 9.17) is 11.6 Å². The fourth-order valence-electron chi connectivity index (χ4n) is 3.40. The average molecular weight is 439 g/mol. The predicted octanol–water partition coefficient (Wildman–Crippen LogP) is 2.63. The van der Waals surface area contributed by atoms with Crippen LogP contribution in [0, 0.1) is 6.92 Å². The van der Waals surface area contributed by atoms with Gasteiger partial charge in [0, 0.05) is 5.02 Å². The maximum Gasteiger partial charge on any atom is 0.325 e. The monoisotopic (exact) mass is 438 g/mol. The molecule has 0 aliphatic carbocycles. The van der Waals surface area contributed by atoms with E-state index in [1.165, 1.54) is 17.3 Å². The maximum atomic E-state index is 13.0. The Morgan fingerprint density at radius 2 is 1.94 bits per heavy atom. The van der Waals surface area contributed by atoms with Crippen molar-refractivity contribution in [1.82, 2.24) is 25.0 Å². The topological polar surface area (TPSA) is 109 Å².